The van der Waals surface area contributed by atoms with Crippen molar-refractivity contribution in [3.63, 3.8) is 0 Å². The fourth-order valence-electron chi connectivity index (χ4n) is 3.40. The number of amides is 2. The summed E-state index contributed by atoms with van der Waals surface area (Å²) in [6.45, 7) is 2.04. The van der Waals surface area contributed by atoms with E-state index in [1.807, 2.05) is 61.6 Å². The zero-order valence-corrected chi connectivity index (χ0v) is 16.8. The lowest BCUT2D eigenvalue weighted by Gasteiger charge is -2.19. The number of hydrogen-bond donors (Lipinski definition) is 3. The number of likely N-dealkylation sites (N-methyl/N-ethyl adjacent to an activating group) is 1. The highest BCUT2D eigenvalue weighted by Gasteiger charge is 2.20. The van der Waals surface area contributed by atoms with Crippen molar-refractivity contribution < 1.29 is 9.53 Å². The third-order valence-corrected chi connectivity index (χ3v) is 5.05. The molecule has 7 heteroatoms. The number of para-hydroxylation sites is 1. The van der Waals surface area contributed by atoms with Crippen LogP contribution in [0.3, 0.4) is 0 Å². The summed E-state index contributed by atoms with van der Waals surface area (Å²) in [5.74, 6) is 1.17. The first-order valence-electron chi connectivity index (χ1n) is 9.99. The van der Waals surface area contributed by atoms with Crippen molar-refractivity contribution in [2.24, 2.45) is 0 Å². The first kappa shape index (κ1) is 19.7. The second-order valence-electron chi connectivity index (χ2n) is 7.15. The molecule has 4 rings (SSSR count). The number of anilines is 3. The van der Waals surface area contributed by atoms with Crippen LogP contribution in [0.25, 0.3) is 0 Å². The standard InChI is InChI=1S/C23H25N5O2/c1-24-19-13-14-28(16-19)20-10-7-17(8-11-20)26-23(29)27-18-9-12-22(25-15-18)30-21-5-3-2-4-6-21/h2-12,15,19,24H,13-14,16H2,1H3,(H2,26,27,29). The smallest absolute Gasteiger partial charge is 0.323 e. The highest BCUT2D eigenvalue weighted by atomic mass is 16.5. The number of rotatable bonds is 6. The normalized spacial score (nSPS) is 15.6. The molecule has 0 radical (unpaired) electrons. The molecule has 2 amide bonds. The van der Waals surface area contributed by atoms with Gasteiger partial charge in [-0.05, 0) is 55.9 Å². The van der Waals surface area contributed by atoms with Gasteiger partial charge in [-0.25, -0.2) is 9.78 Å². The van der Waals surface area contributed by atoms with Crippen LogP contribution in [-0.2, 0) is 0 Å². The Kier molecular flexibility index (Phi) is 6.10. The summed E-state index contributed by atoms with van der Waals surface area (Å²) in [5, 5.41) is 8.94. The van der Waals surface area contributed by atoms with E-state index in [4.69, 9.17) is 4.74 Å². The Labute approximate surface area is 176 Å². The maximum Gasteiger partial charge on any atom is 0.323 e. The Balaban J connectivity index is 1.29. The van der Waals surface area contributed by atoms with E-state index < -0.39 is 0 Å². The molecular formula is C23H25N5O2. The summed E-state index contributed by atoms with van der Waals surface area (Å²) in [6.07, 6.45) is 2.70. The van der Waals surface area contributed by atoms with Gasteiger partial charge in [0, 0.05) is 36.6 Å². The van der Waals surface area contributed by atoms with Gasteiger partial charge in [0.2, 0.25) is 5.88 Å². The van der Waals surface area contributed by atoms with Gasteiger partial charge in [-0.2, -0.15) is 0 Å². The van der Waals surface area contributed by atoms with Crippen molar-refractivity contribution in [3.05, 3.63) is 72.9 Å². The molecule has 30 heavy (non-hydrogen) atoms. The van der Waals surface area contributed by atoms with Crippen LogP contribution in [0.15, 0.2) is 72.9 Å². The molecule has 0 spiro atoms. The fraction of sp³-hybridized carbons (Fsp3) is 0.217. The Hall–Kier alpha value is -3.58. The third kappa shape index (κ3) is 5.07. The zero-order chi connectivity index (χ0) is 20.8. The minimum Gasteiger partial charge on any atom is -0.439 e. The van der Waals surface area contributed by atoms with Crippen molar-refractivity contribution >= 4 is 23.1 Å². The van der Waals surface area contributed by atoms with Gasteiger partial charge >= 0.3 is 6.03 Å². The quantitative estimate of drug-likeness (QED) is 0.571. The molecule has 2 aromatic carbocycles. The number of nitrogens with one attached hydrogen (secondary N) is 3. The first-order chi connectivity index (χ1) is 14.7. The van der Waals surface area contributed by atoms with Crippen LogP contribution in [0.2, 0.25) is 0 Å². The van der Waals surface area contributed by atoms with Gasteiger partial charge in [-0.15, -0.1) is 0 Å². The number of carbonyl (C=O) groups excluding carboxylic acids is 1. The van der Waals surface area contributed by atoms with E-state index in [1.54, 1.807) is 18.3 Å². The molecule has 1 aliphatic heterocycles. The Morgan fingerprint density at radius 3 is 2.40 bits per heavy atom. The van der Waals surface area contributed by atoms with Gasteiger partial charge in [0.05, 0.1) is 11.9 Å². The predicted molar refractivity (Wildman–Crippen MR) is 120 cm³/mol. The van der Waals surface area contributed by atoms with Crippen LogP contribution in [0.1, 0.15) is 6.42 Å². The molecule has 1 aromatic heterocycles. The van der Waals surface area contributed by atoms with Gasteiger partial charge in [-0.1, -0.05) is 18.2 Å². The number of aromatic nitrogens is 1. The zero-order valence-electron chi connectivity index (χ0n) is 16.8. The van der Waals surface area contributed by atoms with E-state index in [1.165, 1.54) is 0 Å². The number of pyridine rings is 1. The lowest BCUT2D eigenvalue weighted by atomic mass is 10.2. The molecule has 3 aromatic rings. The van der Waals surface area contributed by atoms with Crippen molar-refractivity contribution in [2.75, 3.05) is 35.7 Å². The lowest BCUT2D eigenvalue weighted by molar-refractivity contribution is 0.262. The molecule has 1 saturated heterocycles. The fourth-order valence-corrected chi connectivity index (χ4v) is 3.40. The van der Waals surface area contributed by atoms with E-state index in [9.17, 15) is 4.79 Å². The molecule has 2 heterocycles. The first-order valence-corrected chi connectivity index (χ1v) is 9.99. The van der Waals surface area contributed by atoms with Gasteiger partial charge < -0.3 is 25.6 Å². The summed E-state index contributed by atoms with van der Waals surface area (Å²) >= 11 is 0. The van der Waals surface area contributed by atoms with Crippen molar-refractivity contribution in [1.82, 2.24) is 10.3 Å². The highest BCUT2D eigenvalue weighted by Crippen LogP contribution is 2.23. The minimum atomic E-state index is -0.322. The van der Waals surface area contributed by atoms with Crippen LogP contribution in [0.5, 0.6) is 11.6 Å². The average Bonchev–Trinajstić information content (AvgIpc) is 3.26. The average molecular weight is 403 g/mol. The van der Waals surface area contributed by atoms with E-state index in [0.29, 0.717) is 23.4 Å². The molecule has 0 saturated carbocycles. The molecule has 7 nitrogen and oxygen atoms in total. The van der Waals surface area contributed by atoms with Crippen molar-refractivity contribution in [2.45, 2.75) is 12.5 Å². The van der Waals surface area contributed by atoms with Crippen LogP contribution < -0.4 is 25.6 Å². The molecule has 1 atom stereocenters. The highest BCUT2D eigenvalue weighted by molar-refractivity contribution is 5.99. The SMILES string of the molecule is CNC1CCN(c2ccc(NC(=O)Nc3ccc(Oc4ccccc4)nc3)cc2)C1. The predicted octanol–water partition coefficient (Wildman–Crippen LogP) is 4.32. The Morgan fingerprint density at radius 1 is 1.00 bits per heavy atom. The second kappa shape index (κ2) is 9.28. The summed E-state index contributed by atoms with van der Waals surface area (Å²) < 4.78 is 5.65. The van der Waals surface area contributed by atoms with Crippen molar-refractivity contribution in [3.8, 4) is 11.6 Å². The summed E-state index contributed by atoms with van der Waals surface area (Å²) in [7, 11) is 2.00. The molecule has 1 fully saturated rings. The van der Waals surface area contributed by atoms with E-state index in [-0.39, 0.29) is 6.03 Å². The minimum absolute atomic E-state index is 0.322. The van der Waals surface area contributed by atoms with Gasteiger partial charge in [-0.3, -0.25) is 0 Å². The number of hydrogen-bond acceptors (Lipinski definition) is 5. The molecule has 3 N–H and O–H groups in total. The molecule has 1 unspecified atom stereocenters. The number of carbonyl (C=O) groups is 1. The van der Waals surface area contributed by atoms with Gasteiger partial charge in [0.1, 0.15) is 5.75 Å². The summed E-state index contributed by atoms with van der Waals surface area (Å²) in [5.41, 5.74) is 2.48. The summed E-state index contributed by atoms with van der Waals surface area (Å²) in [6, 6.07) is 21.0. The van der Waals surface area contributed by atoms with Crippen LogP contribution in [0, 0.1) is 0 Å². The lowest BCUT2D eigenvalue weighted by Crippen LogP contribution is -2.29. The second-order valence-corrected chi connectivity index (χ2v) is 7.15. The molecular weight excluding hydrogens is 378 g/mol. The van der Waals surface area contributed by atoms with E-state index >= 15 is 0 Å². The number of ether oxygens (including phenoxy) is 1. The number of benzene rings is 2. The van der Waals surface area contributed by atoms with E-state index in [2.05, 4.69) is 25.8 Å². The number of urea groups is 1. The number of nitrogens with zero attached hydrogens (tertiary/aromatic N) is 2. The van der Waals surface area contributed by atoms with Crippen molar-refractivity contribution in [1.29, 1.82) is 0 Å². The van der Waals surface area contributed by atoms with Gasteiger partial charge in [0.15, 0.2) is 0 Å². The molecule has 154 valence electrons. The molecule has 1 aliphatic rings. The maximum atomic E-state index is 12.3. The summed E-state index contributed by atoms with van der Waals surface area (Å²) in [4.78, 5) is 18.9. The monoisotopic (exact) mass is 403 g/mol. The molecule has 0 aliphatic carbocycles. The Bertz CT molecular complexity index is 961. The maximum absolute atomic E-state index is 12.3. The van der Waals surface area contributed by atoms with Crippen LogP contribution >= 0.6 is 0 Å². The molecule has 0 bridgehead atoms. The third-order valence-electron chi connectivity index (χ3n) is 5.05. The van der Waals surface area contributed by atoms with Gasteiger partial charge in [0.25, 0.3) is 0 Å². The van der Waals surface area contributed by atoms with E-state index in [0.717, 1.165) is 30.9 Å². The Morgan fingerprint density at radius 2 is 1.73 bits per heavy atom. The topological polar surface area (TPSA) is 78.5 Å². The van der Waals surface area contributed by atoms with Crippen LogP contribution in [-0.4, -0.2) is 37.2 Å². The van der Waals surface area contributed by atoms with Crippen LogP contribution in [0.4, 0.5) is 21.9 Å². The largest absolute Gasteiger partial charge is 0.439 e.